The Morgan fingerprint density at radius 3 is 2.24 bits per heavy atom. The Morgan fingerprint density at radius 1 is 0.952 bits per heavy atom. The Bertz CT molecular complexity index is 245. The van der Waals surface area contributed by atoms with E-state index in [0.717, 1.165) is 6.42 Å². The topological polar surface area (TPSA) is 32.5 Å². The number of hydrogen-bond acceptors (Lipinski definition) is 3. The Kier molecular flexibility index (Phi) is 10.3. The molecule has 0 radical (unpaired) electrons. The zero-order valence-corrected chi connectivity index (χ0v) is 14.8. The lowest BCUT2D eigenvalue weighted by atomic mass is 9.98. The molecule has 21 heavy (non-hydrogen) atoms. The van der Waals surface area contributed by atoms with E-state index in [1.165, 1.54) is 77.4 Å². The first kappa shape index (κ1) is 18.9. The zero-order chi connectivity index (χ0) is 15.5. The molecular weight excluding hydrogens is 258 g/mol. The van der Waals surface area contributed by atoms with Crippen LogP contribution in [0.25, 0.3) is 0 Å². The van der Waals surface area contributed by atoms with E-state index in [4.69, 9.17) is 5.73 Å². The van der Waals surface area contributed by atoms with E-state index in [-0.39, 0.29) is 0 Å². The number of hydrogen-bond donors (Lipinski definition) is 1. The second-order valence-electron chi connectivity index (χ2n) is 7.16. The molecule has 1 rings (SSSR count). The van der Waals surface area contributed by atoms with Crippen LogP contribution in [0.2, 0.25) is 0 Å². The minimum absolute atomic E-state index is 0.393. The first-order chi connectivity index (χ1) is 10.1. The number of nitrogens with two attached hydrogens (primary N) is 1. The molecule has 1 fully saturated rings. The van der Waals surface area contributed by atoms with Crippen LogP contribution in [0.15, 0.2) is 0 Å². The van der Waals surface area contributed by atoms with Gasteiger partial charge in [0.05, 0.1) is 0 Å². The maximum atomic E-state index is 6.35. The number of unbranched alkanes of at least 4 members (excludes halogenated alkanes) is 7. The lowest BCUT2D eigenvalue weighted by Gasteiger charge is -2.38. The van der Waals surface area contributed by atoms with Crippen LogP contribution in [-0.4, -0.2) is 55.6 Å². The summed E-state index contributed by atoms with van der Waals surface area (Å²) in [5.41, 5.74) is 6.35. The third kappa shape index (κ3) is 8.80. The van der Waals surface area contributed by atoms with Gasteiger partial charge in [-0.2, -0.15) is 0 Å². The molecule has 126 valence electrons. The molecule has 3 nitrogen and oxygen atoms in total. The molecule has 0 aromatic carbocycles. The summed E-state index contributed by atoms with van der Waals surface area (Å²) in [7, 11) is 4.48. The summed E-state index contributed by atoms with van der Waals surface area (Å²) in [6, 6.07) is 1.05. The molecule has 1 aliphatic rings. The van der Waals surface area contributed by atoms with Gasteiger partial charge in [0.25, 0.3) is 0 Å². The second kappa shape index (κ2) is 11.4. The van der Waals surface area contributed by atoms with Crippen LogP contribution in [-0.2, 0) is 0 Å². The summed E-state index contributed by atoms with van der Waals surface area (Å²) in [5, 5.41) is 0. The summed E-state index contributed by atoms with van der Waals surface area (Å²) >= 11 is 0. The van der Waals surface area contributed by atoms with Crippen LogP contribution in [0.5, 0.6) is 0 Å². The number of likely N-dealkylation sites (N-methyl/N-ethyl adjacent to an activating group) is 2. The van der Waals surface area contributed by atoms with E-state index in [0.29, 0.717) is 12.1 Å². The monoisotopic (exact) mass is 297 g/mol. The highest BCUT2D eigenvalue weighted by molar-refractivity contribution is 4.82. The number of rotatable bonds is 11. The molecule has 2 N–H and O–H groups in total. The van der Waals surface area contributed by atoms with Crippen LogP contribution in [0.1, 0.15) is 71.1 Å². The molecule has 0 saturated carbocycles. The highest BCUT2D eigenvalue weighted by Crippen LogP contribution is 2.15. The van der Waals surface area contributed by atoms with Gasteiger partial charge in [-0.1, -0.05) is 58.3 Å². The van der Waals surface area contributed by atoms with Gasteiger partial charge in [0.15, 0.2) is 0 Å². The van der Waals surface area contributed by atoms with E-state index in [2.05, 4.69) is 30.8 Å². The van der Waals surface area contributed by atoms with Gasteiger partial charge in [-0.25, -0.2) is 0 Å². The van der Waals surface area contributed by atoms with Crippen molar-refractivity contribution in [3.05, 3.63) is 0 Å². The minimum Gasteiger partial charge on any atom is -0.328 e. The minimum atomic E-state index is 0.393. The molecule has 0 spiro atoms. The van der Waals surface area contributed by atoms with Crippen molar-refractivity contribution < 1.29 is 0 Å². The normalized spacial score (nSPS) is 22.6. The molecule has 2 unspecified atom stereocenters. The van der Waals surface area contributed by atoms with Crippen LogP contribution >= 0.6 is 0 Å². The van der Waals surface area contributed by atoms with Crippen LogP contribution in [0.4, 0.5) is 0 Å². The Balaban J connectivity index is 1.99. The predicted octanol–water partition coefficient (Wildman–Crippen LogP) is 3.48. The van der Waals surface area contributed by atoms with E-state index in [9.17, 15) is 0 Å². The SMILES string of the molecule is CCCCCCCCCCC(N)CC1CN(C)CCN1C. The van der Waals surface area contributed by atoms with Gasteiger partial charge in [-0.05, 0) is 26.9 Å². The fourth-order valence-corrected chi connectivity index (χ4v) is 3.36. The van der Waals surface area contributed by atoms with Crippen molar-refractivity contribution in [2.75, 3.05) is 33.7 Å². The van der Waals surface area contributed by atoms with E-state index in [1.54, 1.807) is 0 Å². The zero-order valence-electron chi connectivity index (χ0n) is 14.8. The molecule has 1 saturated heterocycles. The van der Waals surface area contributed by atoms with Gasteiger partial charge >= 0.3 is 0 Å². The summed E-state index contributed by atoms with van der Waals surface area (Å²) in [6.07, 6.45) is 13.5. The maximum Gasteiger partial charge on any atom is 0.0235 e. The lowest BCUT2D eigenvalue weighted by Crippen LogP contribution is -2.51. The van der Waals surface area contributed by atoms with Gasteiger partial charge in [0, 0.05) is 31.7 Å². The highest BCUT2D eigenvalue weighted by atomic mass is 15.3. The average molecular weight is 298 g/mol. The average Bonchev–Trinajstić information content (AvgIpc) is 2.46. The quantitative estimate of drug-likeness (QED) is 0.593. The van der Waals surface area contributed by atoms with E-state index < -0.39 is 0 Å². The fraction of sp³-hybridized carbons (Fsp3) is 1.00. The lowest BCUT2D eigenvalue weighted by molar-refractivity contribution is 0.103. The van der Waals surface area contributed by atoms with Crippen molar-refractivity contribution in [2.45, 2.75) is 83.2 Å². The van der Waals surface area contributed by atoms with Crippen LogP contribution in [0, 0.1) is 0 Å². The first-order valence-electron chi connectivity index (χ1n) is 9.27. The van der Waals surface area contributed by atoms with Crippen molar-refractivity contribution in [1.29, 1.82) is 0 Å². The van der Waals surface area contributed by atoms with Crippen LogP contribution < -0.4 is 5.73 Å². The second-order valence-corrected chi connectivity index (χ2v) is 7.16. The molecule has 0 aromatic heterocycles. The van der Waals surface area contributed by atoms with Crippen LogP contribution in [0.3, 0.4) is 0 Å². The van der Waals surface area contributed by atoms with Gasteiger partial charge < -0.3 is 15.5 Å². The van der Waals surface area contributed by atoms with E-state index >= 15 is 0 Å². The number of nitrogens with zero attached hydrogens (tertiary/aromatic N) is 2. The Morgan fingerprint density at radius 2 is 1.57 bits per heavy atom. The van der Waals surface area contributed by atoms with Gasteiger partial charge in [-0.15, -0.1) is 0 Å². The van der Waals surface area contributed by atoms with Crippen molar-refractivity contribution in [3.8, 4) is 0 Å². The third-order valence-electron chi connectivity index (χ3n) is 4.98. The van der Waals surface area contributed by atoms with Gasteiger partial charge in [0.2, 0.25) is 0 Å². The molecule has 1 aliphatic heterocycles. The molecule has 0 amide bonds. The summed E-state index contributed by atoms with van der Waals surface area (Å²) < 4.78 is 0. The van der Waals surface area contributed by atoms with Gasteiger partial charge in [-0.3, -0.25) is 0 Å². The van der Waals surface area contributed by atoms with E-state index in [1.807, 2.05) is 0 Å². The standard InChI is InChI=1S/C18H39N3/c1-4-5-6-7-8-9-10-11-12-17(19)15-18-16-20(2)13-14-21(18)3/h17-18H,4-16,19H2,1-3H3. The molecule has 0 aliphatic carbocycles. The van der Waals surface area contributed by atoms with Crippen molar-refractivity contribution >= 4 is 0 Å². The third-order valence-corrected chi connectivity index (χ3v) is 4.98. The Hall–Kier alpha value is -0.120. The Labute approximate surface area is 133 Å². The summed E-state index contributed by atoms with van der Waals surface area (Å²) in [6.45, 7) is 5.84. The van der Waals surface area contributed by atoms with Crippen molar-refractivity contribution in [1.82, 2.24) is 9.80 Å². The fourth-order valence-electron chi connectivity index (χ4n) is 3.36. The molecule has 3 heteroatoms. The maximum absolute atomic E-state index is 6.35. The molecule has 2 atom stereocenters. The molecular formula is C18H39N3. The summed E-state index contributed by atoms with van der Waals surface area (Å²) in [5.74, 6) is 0. The smallest absolute Gasteiger partial charge is 0.0235 e. The molecule has 1 heterocycles. The van der Waals surface area contributed by atoms with Crippen molar-refractivity contribution in [2.24, 2.45) is 5.73 Å². The van der Waals surface area contributed by atoms with Gasteiger partial charge in [0.1, 0.15) is 0 Å². The summed E-state index contributed by atoms with van der Waals surface area (Å²) in [4.78, 5) is 4.93. The highest BCUT2D eigenvalue weighted by Gasteiger charge is 2.23. The predicted molar refractivity (Wildman–Crippen MR) is 93.7 cm³/mol. The van der Waals surface area contributed by atoms with Crippen molar-refractivity contribution in [3.63, 3.8) is 0 Å². The largest absolute Gasteiger partial charge is 0.328 e. The molecule has 0 aromatic rings. The first-order valence-corrected chi connectivity index (χ1v) is 9.27. The molecule has 0 bridgehead atoms. The number of piperazine rings is 1.